The van der Waals surface area contributed by atoms with Crippen molar-refractivity contribution in [2.24, 2.45) is 0 Å². The standard InChI is InChI=1S/C14H22N2O4S/c1-15(2)14(17)9-6-11-10-12(7-8-13(11)20-5)21(18,19)16(3)4/h7-8,10H,6,9H2,1-5H3. The Labute approximate surface area is 126 Å². The van der Waals surface area contributed by atoms with Gasteiger partial charge in [-0.3, -0.25) is 4.79 Å². The average molecular weight is 314 g/mol. The summed E-state index contributed by atoms with van der Waals surface area (Å²) in [6, 6.07) is 4.69. The normalized spacial score (nSPS) is 11.5. The van der Waals surface area contributed by atoms with Gasteiger partial charge in [-0.25, -0.2) is 12.7 Å². The number of ether oxygens (including phenoxy) is 1. The lowest BCUT2D eigenvalue weighted by Gasteiger charge is -2.15. The maximum Gasteiger partial charge on any atom is 0.242 e. The van der Waals surface area contributed by atoms with E-state index < -0.39 is 10.0 Å². The minimum Gasteiger partial charge on any atom is -0.496 e. The molecule has 0 aliphatic carbocycles. The summed E-state index contributed by atoms with van der Waals surface area (Å²) in [5.41, 5.74) is 0.704. The van der Waals surface area contributed by atoms with Crippen molar-refractivity contribution < 1.29 is 17.9 Å². The first kappa shape index (κ1) is 17.5. The van der Waals surface area contributed by atoms with Gasteiger partial charge in [-0.1, -0.05) is 0 Å². The summed E-state index contributed by atoms with van der Waals surface area (Å²) < 4.78 is 30.7. The van der Waals surface area contributed by atoms with Crippen molar-refractivity contribution in [3.05, 3.63) is 23.8 Å². The number of carbonyl (C=O) groups is 1. The van der Waals surface area contributed by atoms with Gasteiger partial charge in [-0.15, -0.1) is 0 Å². The van der Waals surface area contributed by atoms with E-state index in [2.05, 4.69) is 0 Å². The van der Waals surface area contributed by atoms with Crippen LogP contribution in [0.3, 0.4) is 0 Å². The lowest BCUT2D eigenvalue weighted by atomic mass is 10.1. The molecule has 0 N–H and O–H groups in total. The molecular weight excluding hydrogens is 292 g/mol. The van der Waals surface area contributed by atoms with Crippen LogP contribution in [0.25, 0.3) is 0 Å². The van der Waals surface area contributed by atoms with E-state index in [1.54, 1.807) is 26.2 Å². The first-order valence-corrected chi connectivity index (χ1v) is 7.93. The molecule has 0 aromatic heterocycles. The summed E-state index contributed by atoms with van der Waals surface area (Å²) in [6.07, 6.45) is 0.728. The topological polar surface area (TPSA) is 66.9 Å². The number of methoxy groups -OCH3 is 1. The van der Waals surface area contributed by atoms with Crippen LogP contribution in [0.15, 0.2) is 23.1 Å². The molecule has 7 heteroatoms. The quantitative estimate of drug-likeness (QED) is 0.784. The molecule has 0 unspecified atom stereocenters. The van der Waals surface area contributed by atoms with Crippen molar-refractivity contribution in [1.29, 1.82) is 0 Å². The van der Waals surface area contributed by atoms with Crippen molar-refractivity contribution in [2.75, 3.05) is 35.3 Å². The van der Waals surface area contributed by atoms with Crippen LogP contribution in [0.4, 0.5) is 0 Å². The van der Waals surface area contributed by atoms with Crippen LogP contribution in [0.1, 0.15) is 12.0 Å². The second kappa shape index (κ2) is 6.91. The van der Waals surface area contributed by atoms with Gasteiger partial charge >= 0.3 is 0 Å². The zero-order valence-corrected chi connectivity index (χ0v) is 13.9. The largest absolute Gasteiger partial charge is 0.496 e. The highest BCUT2D eigenvalue weighted by Crippen LogP contribution is 2.25. The van der Waals surface area contributed by atoms with Gasteiger partial charge in [0.25, 0.3) is 0 Å². The van der Waals surface area contributed by atoms with Gasteiger partial charge in [0.15, 0.2) is 0 Å². The van der Waals surface area contributed by atoms with Crippen molar-refractivity contribution >= 4 is 15.9 Å². The number of hydrogen-bond donors (Lipinski definition) is 0. The van der Waals surface area contributed by atoms with Gasteiger partial charge < -0.3 is 9.64 Å². The third kappa shape index (κ3) is 4.18. The van der Waals surface area contributed by atoms with E-state index in [0.717, 1.165) is 4.31 Å². The average Bonchev–Trinajstić information content (AvgIpc) is 2.43. The Balaban J connectivity index is 3.10. The third-order valence-electron chi connectivity index (χ3n) is 3.14. The predicted molar refractivity (Wildman–Crippen MR) is 80.9 cm³/mol. The monoisotopic (exact) mass is 314 g/mol. The fraction of sp³-hybridized carbons (Fsp3) is 0.500. The first-order chi connectivity index (χ1) is 9.70. The Morgan fingerprint density at radius 1 is 1.19 bits per heavy atom. The smallest absolute Gasteiger partial charge is 0.242 e. The number of rotatable bonds is 6. The first-order valence-electron chi connectivity index (χ1n) is 6.49. The molecule has 0 fully saturated rings. The Hall–Kier alpha value is -1.60. The van der Waals surface area contributed by atoms with E-state index in [9.17, 15) is 13.2 Å². The summed E-state index contributed by atoms with van der Waals surface area (Å²) in [6.45, 7) is 0. The molecule has 1 aromatic carbocycles. The Kier molecular flexibility index (Phi) is 5.74. The molecule has 0 bridgehead atoms. The number of hydrogen-bond acceptors (Lipinski definition) is 4. The molecule has 0 saturated heterocycles. The maximum absolute atomic E-state index is 12.1. The fourth-order valence-electron chi connectivity index (χ4n) is 1.79. The maximum atomic E-state index is 12.1. The lowest BCUT2D eigenvalue weighted by Crippen LogP contribution is -2.23. The summed E-state index contributed by atoms with van der Waals surface area (Å²) in [5.74, 6) is 0.567. The van der Waals surface area contributed by atoms with E-state index in [1.165, 1.54) is 32.2 Å². The van der Waals surface area contributed by atoms with Gasteiger partial charge in [-0.05, 0) is 30.2 Å². The van der Waals surface area contributed by atoms with Crippen molar-refractivity contribution in [3.8, 4) is 5.75 Å². The summed E-state index contributed by atoms with van der Waals surface area (Å²) in [5, 5.41) is 0. The number of benzene rings is 1. The molecule has 6 nitrogen and oxygen atoms in total. The minimum atomic E-state index is -3.50. The number of aryl methyl sites for hydroxylation is 1. The molecule has 1 aromatic rings. The molecule has 118 valence electrons. The highest BCUT2D eigenvalue weighted by atomic mass is 32.2. The summed E-state index contributed by atoms with van der Waals surface area (Å²) in [7, 11) is 4.36. The number of amides is 1. The van der Waals surface area contributed by atoms with E-state index >= 15 is 0 Å². The van der Waals surface area contributed by atoms with Crippen molar-refractivity contribution in [3.63, 3.8) is 0 Å². The van der Waals surface area contributed by atoms with Gasteiger partial charge in [0.05, 0.1) is 12.0 Å². The molecule has 0 aliphatic heterocycles. The van der Waals surface area contributed by atoms with Crippen molar-refractivity contribution in [2.45, 2.75) is 17.7 Å². The van der Waals surface area contributed by atoms with Gasteiger partial charge in [-0.2, -0.15) is 0 Å². The Morgan fingerprint density at radius 3 is 2.29 bits per heavy atom. The van der Waals surface area contributed by atoms with Crippen LogP contribution in [-0.2, 0) is 21.2 Å². The van der Waals surface area contributed by atoms with Crippen LogP contribution < -0.4 is 4.74 Å². The molecule has 1 amide bonds. The summed E-state index contributed by atoms with van der Waals surface area (Å²) in [4.78, 5) is 13.4. The molecule has 1 rings (SSSR count). The SMILES string of the molecule is COc1ccc(S(=O)(=O)N(C)C)cc1CCC(=O)N(C)C. The van der Waals surface area contributed by atoms with Crippen LogP contribution in [0.5, 0.6) is 5.75 Å². The van der Waals surface area contributed by atoms with E-state index in [1.807, 2.05) is 0 Å². The molecule has 0 saturated carbocycles. The Bertz CT molecular complexity index is 609. The molecule has 0 aliphatic rings. The molecule has 0 atom stereocenters. The van der Waals surface area contributed by atoms with E-state index in [0.29, 0.717) is 24.2 Å². The zero-order valence-electron chi connectivity index (χ0n) is 13.1. The van der Waals surface area contributed by atoms with E-state index in [-0.39, 0.29) is 10.8 Å². The van der Waals surface area contributed by atoms with Crippen LogP contribution in [0, 0.1) is 0 Å². The predicted octanol–water partition coefficient (Wildman–Crippen LogP) is 0.966. The minimum absolute atomic E-state index is 0.0158. The van der Waals surface area contributed by atoms with Crippen LogP contribution >= 0.6 is 0 Å². The molecule has 0 spiro atoms. The molecule has 0 heterocycles. The molecule has 0 radical (unpaired) electrons. The molecular formula is C14H22N2O4S. The summed E-state index contributed by atoms with van der Waals surface area (Å²) >= 11 is 0. The molecule has 21 heavy (non-hydrogen) atoms. The highest BCUT2D eigenvalue weighted by molar-refractivity contribution is 7.89. The second-order valence-corrected chi connectivity index (χ2v) is 7.20. The van der Waals surface area contributed by atoms with Crippen LogP contribution in [0.2, 0.25) is 0 Å². The highest BCUT2D eigenvalue weighted by Gasteiger charge is 2.19. The number of carbonyl (C=O) groups excluding carboxylic acids is 1. The second-order valence-electron chi connectivity index (χ2n) is 5.05. The lowest BCUT2D eigenvalue weighted by molar-refractivity contribution is -0.128. The van der Waals surface area contributed by atoms with Gasteiger partial charge in [0, 0.05) is 34.6 Å². The number of sulfonamides is 1. The zero-order chi connectivity index (χ0) is 16.2. The van der Waals surface area contributed by atoms with Crippen molar-refractivity contribution in [1.82, 2.24) is 9.21 Å². The van der Waals surface area contributed by atoms with Gasteiger partial charge in [0.2, 0.25) is 15.9 Å². The number of nitrogens with zero attached hydrogens (tertiary/aromatic N) is 2. The van der Waals surface area contributed by atoms with E-state index in [4.69, 9.17) is 4.74 Å². The Morgan fingerprint density at radius 2 is 1.81 bits per heavy atom. The fourth-order valence-corrected chi connectivity index (χ4v) is 2.74. The van der Waals surface area contributed by atoms with Gasteiger partial charge in [0.1, 0.15) is 5.75 Å². The third-order valence-corrected chi connectivity index (χ3v) is 4.95. The van der Waals surface area contributed by atoms with Crippen LogP contribution in [-0.4, -0.2) is 58.8 Å².